The fourth-order valence-electron chi connectivity index (χ4n) is 3.82. The number of unbranched alkanes of at least 4 members (excludes halogenated alkanes) is 3. The third-order valence-electron chi connectivity index (χ3n) is 5.65. The number of rotatable bonds is 20. The Bertz CT molecular complexity index is 1830. The van der Waals surface area contributed by atoms with Crippen molar-refractivity contribution in [1.82, 2.24) is 19.5 Å². The highest BCUT2D eigenvalue weighted by atomic mass is 31.3. The van der Waals surface area contributed by atoms with E-state index in [9.17, 15) is 66.7 Å². The van der Waals surface area contributed by atoms with Crippen molar-refractivity contribution in [1.29, 1.82) is 0 Å². The minimum Gasteiger partial charge on any atom is -0.390 e. The van der Waals surface area contributed by atoms with Crippen LogP contribution in [0.1, 0.15) is 45.3 Å². The number of hydrogen-bond acceptors (Lipinski definition) is 19. The number of fused-ring (bicyclic) bond motifs is 1. The van der Waals surface area contributed by atoms with Crippen LogP contribution < -0.4 is 11.3 Å². The maximum Gasteiger partial charge on any atom is 0.490 e. The summed E-state index contributed by atoms with van der Waals surface area (Å²) in [5, 5.41) is 10.3. The smallest absolute Gasteiger partial charge is 0.390 e. The van der Waals surface area contributed by atoms with Crippen LogP contribution in [-0.4, -0.2) is 79.4 Å². The van der Waals surface area contributed by atoms with Crippen molar-refractivity contribution >= 4 is 64.0 Å². The Labute approximate surface area is 273 Å². The lowest BCUT2D eigenvalue weighted by molar-refractivity contribution is -0.0423. The quantitative estimate of drug-likeness (QED) is 0.0676. The second kappa shape index (κ2) is 16.3. The van der Waals surface area contributed by atoms with E-state index in [1.807, 2.05) is 6.92 Å². The lowest BCUT2D eigenvalue weighted by atomic mass is 10.2. The van der Waals surface area contributed by atoms with Crippen LogP contribution in [0.4, 0.5) is 5.95 Å². The van der Waals surface area contributed by atoms with Gasteiger partial charge in [-0.2, -0.15) is 26.5 Å². The van der Waals surface area contributed by atoms with E-state index in [0.29, 0.717) is 6.42 Å². The molecule has 1 aliphatic rings. The summed E-state index contributed by atoms with van der Waals surface area (Å²) >= 11 is 0. The van der Waals surface area contributed by atoms with Crippen LogP contribution in [0.15, 0.2) is 11.1 Å². The van der Waals surface area contributed by atoms with E-state index in [1.54, 1.807) is 0 Å². The molecule has 6 unspecified atom stereocenters. The molecule has 2 aromatic heterocycles. The first-order chi connectivity index (χ1) is 22.3. The molecule has 1 fully saturated rings. The zero-order valence-corrected chi connectivity index (χ0v) is 30.0. The highest BCUT2D eigenvalue weighted by Gasteiger charge is 2.50. The first-order valence-electron chi connectivity index (χ1n) is 13.2. The van der Waals surface area contributed by atoms with E-state index in [0.717, 1.165) is 19.2 Å². The third-order valence-corrected chi connectivity index (χ3v) is 14.9. The van der Waals surface area contributed by atoms with E-state index >= 15 is 0 Å². The number of imidazole rings is 1. The second-order valence-electron chi connectivity index (χ2n) is 9.62. The molecule has 3 heterocycles. The van der Waals surface area contributed by atoms with Crippen molar-refractivity contribution in [2.24, 2.45) is 0 Å². The minimum atomic E-state index is -6.43. The average molecular weight is 831 g/mol. The number of ether oxygens (including phenoxy) is 1. The van der Waals surface area contributed by atoms with Crippen molar-refractivity contribution in [3.63, 3.8) is 0 Å². The van der Waals surface area contributed by atoms with E-state index < -0.39 is 84.1 Å². The highest BCUT2D eigenvalue weighted by Crippen LogP contribution is 2.75. The molecule has 0 bridgehead atoms. The molecule has 282 valence electrons. The SMILES string of the molecule is CCCCCCOP(=O)(O)OP(=O)(O)OP(=O)(O)OP(=O)(O)OP(=O)(O)OP(=O)(O)OC[C@H]1O[C@@H](n2cnc3c(=O)[nH]c(N)nc32)C[C@H]1O. The summed E-state index contributed by atoms with van der Waals surface area (Å²) in [6, 6.07) is 0. The van der Waals surface area contributed by atoms with E-state index in [4.69, 9.17) is 10.5 Å². The molecule has 0 spiro atoms. The number of hydrogen-bond donors (Lipinski definition) is 9. The third kappa shape index (κ3) is 13.4. The molecule has 27 nitrogen and oxygen atoms in total. The molecule has 1 aliphatic heterocycles. The molecule has 0 saturated carbocycles. The van der Waals surface area contributed by atoms with Crippen LogP contribution in [0.3, 0.4) is 0 Å². The van der Waals surface area contributed by atoms with Crippen molar-refractivity contribution in [3.8, 4) is 0 Å². The van der Waals surface area contributed by atoms with Crippen LogP contribution in [-0.2, 0) is 62.7 Å². The molecule has 10 N–H and O–H groups in total. The molecule has 33 heteroatoms. The fraction of sp³-hybridized carbons (Fsp3) is 0.688. The summed E-state index contributed by atoms with van der Waals surface area (Å²) in [5.74, 6) is -0.270. The average Bonchev–Trinajstić information content (AvgIpc) is 3.46. The molecule has 2 aromatic rings. The number of nitrogens with one attached hydrogen (secondary N) is 1. The number of aromatic amines is 1. The zero-order chi connectivity index (χ0) is 37.1. The van der Waals surface area contributed by atoms with Gasteiger partial charge in [0, 0.05) is 6.42 Å². The largest absolute Gasteiger partial charge is 0.490 e. The maximum atomic E-state index is 12.3. The lowest BCUT2D eigenvalue weighted by Gasteiger charge is -2.21. The van der Waals surface area contributed by atoms with E-state index in [-0.39, 0.29) is 30.0 Å². The highest BCUT2D eigenvalue weighted by molar-refractivity contribution is 7.72. The van der Waals surface area contributed by atoms with Gasteiger partial charge in [0.1, 0.15) is 12.3 Å². The lowest BCUT2D eigenvalue weighted by Crippen LogP contribution is -2.26. The number of anilines is 1. The van der Waals surface area contributed by atoms with Gasteiger partial charge < -0.3 is 44.9 Å². The van der Waals surface area contributed by atoms with Gasteiger partial charge in [-0.1, -0.05) is 26.2 Å². The van der Waals surface area contributed by atoms with Crippen molar-refractivity contribution in [2.75, 3.05) is 18.9 Å². The summed E-state index contributed by atoms with van der Waals surface area (Å²) in [6.45, 7) is 0.353. The normalized spacial score (nSPS) is 25.8. The molecule has 3 rings (SSSR count). The van der Waals surface area contributed by atoms with E-state index in [1.165, 1.54) is 4.57 Å². The molecule has 9 atom stereocenters. The van der Waals surface area contributed by atoms with Gasteiger partial charge in [0.05, 0.1) is 25.6 Å². The number of phosphoric acid groups is 6. The van der Waals surface area contributed by atoms with Crippen LogP contribution in [0.2, 0.25) is 0 Å². The summed E-state index contributed by atoms with van der Waals surface area (Å²) in [4.78, 5) is 79.7. The second-order valence-corrected chi connectivity index (χ2v) is 19.0. The van der Waals surface area contributed by atoms with Gasteiger partial charge in [0.25, 0.3) is 5.56 Å². The van der Waals surface area contributed by atoms with Gasteiger partial charge in [0.15, 0.2) is 11.2 Å². The number of aliphatic hydroxyl groups excluding tert-OH is 1. The summed E-state index contributed by atoms with van der Waals surface area (Å²) < 4.78 is 106. The first kappa shape index (κ1) is 42.3. The van der Waals surface area contributed by atoms with Gasteiger partial charge in [-0.3, -0.25) is 23.4 Å². The molecule has 49 heavy (non-hydrogen) atoms. The number of nitrogen functional groups attached to an aromatic ring is 1. The minimum absolute atomic E-state index is 0.0482. The Morgan fingerprint density at radius 1 is 0.857 bits per heavy atom. The number of phosphoric ester groups is 2. The summed E-state index contributed by atoms with van der Waals surface area (Å²) in [6.07, 6.45) is -0.830. The number of aromatic nitrogens is 4. The summed E-state index contributed by atoms with van der Waals surface area (Å²) in [7, 11) is -36.4. The van der Waals surface area contributed by atoms with Crippen LogP contribution in [0.25, 0.3) is 11.2 Å². The molecule has 0 aliphatic carbocycles. The monoisotopic (exact) mass is 831 g/mol. The van der Waals surface area contributed by atoms with Crippen LogP contribution in [0.5, 0.6) is 0 Å². The van der Waals surface area contributed by atoms with Gasteiger partial charge in [-0.25, -0.2) is 32.4 Å². The predicted octanol–water partition coefficient (Wildman–Crippen LogP) is 1.65. The number of H-pyrrole nitrogens is 1. The van der Waals surface area contributed by atoms with Crippen molar-refractivity contribution in [2.45, 2.75) is 57.5 Å². The molecule has 0 radical (unpaired) electrons. The van der Waals surface area contributed by atoms with Crippen LogP contribution in [0, 0.1) is 0 Å². The van der Waals surface area contributed by atoms with Gasteiger partial charge in [0.2, 0.25) is 5.95 Å². The number of nitrogens with two attached hydrogens (primary N) is 1. The number of nitrogens with zero attached hydrogens (tertiary/aromatic N) is 3. The fourth-order valence-corrected chi connectivity index (χ4v) is 11.7. The van der Waals surface area contributed by atoms with Crippen LogP contribution >= 0.6 is 46.9 Å². The topological polar surface area (TPSA) is 407 Å². The van der Waals surface area contributed by atoms with E-state index in [2.05, 4.69) is 45.6 Å². The molecule has 0 amide bonds. The molecule has 1 saturated heterocycles. The van der Waals surface area contributed by atoms with Gasteiger partial charge >= 0.3 is 46.9 Å². The standard InChI is InChI=1S/C16H31N5O22P6/c1-2-3-4-5-6-36-44(24,25)39-46(28,29)41-48(32,33)43-49(34,35)42-47(30,31)40-45(26,27)37-8-11-10(22)7-12(38-11)21-9-18-13-14(21)19-16(17)20-15(13)23/h9-12,22H,2-8H2,1H3,(H,24,25)(H,26,27)(H,28,29)(H,30,31)(H,32,33)(H,34,35)(H3,17,19,20,23)/t10-,11-,12-/m1/s1. The zero-order valence-electron chi connectivity index (χ0n) is 24.6. The molecular weight excluding hydrogens is 800 g/mol. The predicted molar refractivity (Wildman–Crippen MR) is 158 cm³/mol. The molecule has 0 aromatic carbocycles. The Kier molecular flexibility index (Phi) is 14.1. The Hall–Kier alpha value is -1.07. The Balaban J connectivity index is 1.55. The maximum absolute atomic E-state index is 12.3. The summed E-state index contributed by atoms with van der Waals surface area (Å²) in [5.41, 5.74) is 4.65. The Morgan fingerprint density at radius 3 is 1.90 bits per heavy atom. The first-order valence-corrected chi connectivity index (χ1v) is 22.2. The Morgan fingerprint density at radius 2 is 1.37 bits per heavy atom. The van der Waals surface area contributed by atoms with Crippen molar-refractivity contribution < 1.29 is 97.2 Å². The van der Waals surface area contributed by atoms with Gasteiger partial charge in [-0.15, -0.1) is 0 Å². The number of aliphatic hydroxyl groups is 1. The van der Waals surface area contributed by atoms with Crippen molar-refractivity contribution in [3.05, 3.63) is 16.7 Å². The van der Waals surface area contributed by atoms with Gasteiger partial charge in [-0.05, 0) is 6.42 Å². The molecular formula is C16H31N5O22P6.